The molecular weight excluding hydrogens is 486 g/mol. The first-order valence-corrected chi connectivity index (χ1v) is 13.2. The lowest BCUT2D eigenvalue weighted by molar-refractivity contribution is -0.142. The van der Waals surface area contributed by atoms with E-state index in [4.69, 9.17) is 16.2 Å². The van der Waals surface area contributed by atoms with Crippen LogP contribution in [0.15, 0.2) is 115 Å². The van der Waals surface area contributed by atoms with E-state index >= 15 is 0 Å². The second-order valence-corrected chi connectivity index (χ2v) is 9.51. The van der Waals surface area contributed by atoms with E-state index in [1.54, 1.807) is 4.90 Å². The highest BCUT2D eigenvalue weighted by Crippen LogP contribution is 2.34. The quantitative estimate of drug-likeness (QED) is 0.246. The van der Waals surface area contributed by atoms with Gasteiger partial charge in [0.05, 0.1) is 12.0 Å². The van der Waals surface area contributed by atoms with Crippen LogP contribution in [0.4, 0.5) is 0 Å². The van der Waals surface area contributed by atoms with Crippen LogP contribution in [0.2, 0.25) is 0 Å². The Bertz CT molecular complexity index is 1290. The Morgan fingerprint density at radius 3 is 1.69 bits per heavy atom. The molecule has 6 nitrogen and oxygen atoms in total. The zero-order valence-electron chi connectivity index (χ0n) is 22.1. The van der Waals surface area contributed by atoms with E-state index in [1.807, 2.05) is 122 Å². The smallest absolute Gasteiger partial charge is 0.240 e. The van der Waals surface area contributed by atoms with Gasteiger partial charge in [0, 0.05) is 0 Å². The summed E-state index contributed by atoms with van der Waals surface area (Å²) in [5, 5.41) is 0. The Balaban J connectivity index is 1.72. The van der Waals surface area contributed by atoms with Crippen molar-refractivity contribution in [2.75, 3.05) is 6.54 Å². The van der Waals surface area contributed by atoms with Crippen LogP contribution in [0.5, 0.6) is 11.5 Å². The third kappa shape index (κ3) is 6.92. The summed E-state index contributed by atoms with van der Waals surface area (Å²) in [6.45, 7) is 2.32. The lowest BCUT2D eigenvalue weighted by atomic mass is 9.88. The van der Waals surface area contributed by atoms with Crippen molar-refractivity contribution in [3.63, 3.8) is 0 Å². The number of carbonyl (C=O) groups excluding carboxylic acids is 2. The maximum atomic E-state index is 14.5. The number of para-hydroxylation sites is 1. The van der Waals surface area contributed by atoms with Gasteiger partial charge in [-0.25, -0.2) is 0 Å². The van der Waals surface area contributed by atoms with E-state index < -0.39 is 23.9 Å². The second kappa shape index (κ2) is 13.4. The minimum Gasteiger partial charge on any atom is -0.457 e. The lowest BCUT2D eigenvalue weighted by Crippen LogP contribution is -2.50. The average Bonchev–Trinajstić information content (AvgIpc) is 2.97. The largest absolute Gasteiger partial charge is 0.457 e. The molecule has 0 heterocycles. The van der Waals surface area contributed by atoms with Gasteiger partial charge in [0.1, 0.15) is 17.5 Å². The van der Waals surface area contributed by atoms with E-state index in [0.29, 0.717) is 25.1 Å². The standard InChI is InChI=1S/C33H35N3O3/c1-24(25-19-21-29(22-20-25)39-28-16-9-4-10-17-28)36(30(32(35)37)18-11-23-34)33(38)31(26-12-5-2-6-13-26)27-14-7-3-8-15-27/h2-10,12-17,19-22,24,30-31H,11,18,23,34H2,1H3,(H2,35,37)/t24-,30+/m0/s1. The third-order valence-electron chi connectivity index (χ3n) is 6.87. The van der Waals surface area contributed by atoms with Gasteiger partial charge >= 0.3 is 0 Å². The fraction of sp³-hybridized carbons (Fsp3) is 0.212. The molecule has 6 heteroatoms. The topological polar surface area (TPSA) is 98.7 Å². The van der Waals surface area contributed by atoms with E-state index in [-0.39, 0.29) is 5.91 Å². The maximum Gasteiger partial charge on any atom is 0.240 e. The number of amides is 2. The van der Waals surface area contributed by atoms with Crippen molar-refractivity contribution in [1.29, 1.82) is 0 Å². The zero-order valence-corrected chi connectivity index (χ0v) is 22.1. The molecule has 0 saturated carbocycles. The summed E-state index contributed by atoms with van der Waals surface area (Å²) in [6, 6.07) is 35.1. The van der Waals surface area contributed by atoms with Crippen molar-refractivity contribution < 1.29 is 14.3 Å². The first kappa shape index (κ1) is 27.6. The molecule has 39 heavy (non-hydrogen) atoms. The van der Waals surface area contributed by atoms with E-state index in [0.717, 1.165) is 22.4 Å². The molecule has 0 bridgehead atoms. The molecule has 4 aromatic carbocycles. The van der Waals surface area contributed by atoms with Gasteiger partial charge in [-0.1, -0.05) is 91.0 Å². The summed E-state index contributed by atoms with van der Waals surface area (Å²) in [5.41, 5.74) is 14.3. The monoisotopic (exact) mass is 521 g/mol. The Morgan fingerprint density at radius 2 is 1.21 bits per heavy atom. The summed E-state index contributed by atoms with van der Waals surface area (Å²) >= 11 is 0. The number of primary amides is 1. The number of nitrogens with zero attached hydrogens (tertiary/aromatic N) is 1. The van der Waals surface area contributed by atoms with Gasteiger partial charge in [0.25, 0.3) is 0 Å². The van der Waals surface area contributed by atoms with Crippen LogP contribution in [0.25, 0.3) is 0 Å². The van der Waals surface area contributed by atoms with Crippen LogP contribution >= 0.6 is 0 Å². The fourth-order valence-corrected chi connectivity index (χ4v) is 4.86. The highest BCUT2D eigenvalue weighted by Gasteiger charge is 2.37. The number of hydrogen-bond donors (Lipinski definition) is 2. The predicted molar refractivity (Wildman–Crippen MR) is 154 cm³/mol. The summed E-state index contributed by atoms with van der Waals surface area (Å²) in [4.78, 5) is 29.0. The van der Waals surface area contributed by atoms with Crippen molar-refractivity contribution in [3.05, 3.63) is 132 Å². The molecule has 0 aliphatic heterocycles. The molecule has 0 fully saturated rings. The van der Waals surface area contributed by atoms with Gasteiger partial charge in [0.15, 0.2) is 0 Å². The molecule has 0 unspecified atom stereocenters. The van der Waals surface area contributed by atoms with Gasteiger partial charge in [-0.3, -0.25) is 9.59 Å². The Labute approximate surface area is 230 Å². The number of rotatable bonds is 12. The molecule has 0 aromatic heterocycles. The van der Waals surface area contributed by atoms with E-state index in [2.05, 4.69) is 0 Å². The first-order chi connectivity index (χ1) is 19.0. The molecule has 4 aromatic rings. The van der Waals surface area contributed by atoms with Crippen molar-refractivity contribution in [2.24, 2.45) is 11.5 Å². The number of benzene rings is 4. The second-order valence-electron chi connectivity index (χ2n) is 9.51. The van der Waals surface area contributed by atoms with Gasteiger partial charge in [-0.05, 0) is 67.3 Å². The van der Waals surface area contributed by atoms with Gasteiger partial charge in [-0.15, -0.1) is 0 Å². The number of nitrogens with two attached hydrogens (primary N) is 2. The maximum absolute atomic E-state index is 14.5. The van der Waals surface area contributed by atoms with Crippen LogP contribution in [-0.4, -0.2) is 29.3 Å². The molecular formula is C33H35N3O3. The van der Waals surface area contributed by atoms with Crippen LogP contribution in [-0.2, 0) is 9.59 Å². The van der Waals surface area contributed by atoms with Crippen molar-refractivity contribution in [2.45, 2.75) is 37.8 Å². The summed E-state index contributed by atoms with van der Waals surface area (Å²) in [6.07, 6.45) is 0.947. The van der Waals surface area contributed by atoms with Crippen molar-refractivity contribution >= 4 is 11.8 Å². The van der Waals surface area contributed by atoms with Crippen molar-refractivity contribution in [3.8, 4) is 11.5 Å². The number of carbonyl (C=O) groups is 2. The molecule has 4 N–H and O–H groups in total. The molecule has 0 aliphatic rings. The normalized spacial score (nSPS) is 12.5. The molecule has 0 radical (unpaired) electrons. The number of hydrogen-bond acceptors (Lipinski definition) is 4. The molecule has 0 spiro atoms. The lowest BCUT2D eigenvalue weighted by Gasteiger charge is -2.38. The SMILES string of the molecule is C[C@@H](c1ccc(Oc2ccccc2)cc1)N(C(=O)C(c1ccccc1)c1ccccc1)[C@H](CCCN)C(N)=O. The van der Waals surface area contributed by atoms with E-state index in [9.17, 15) is 9.59 Å². The third-order valence-corrected chi connectivity index (χ3v) is 6.87. The van der Waals surface area contributed by atoms with Crippen LogP contribution in [0.3, 0.4) is 0 Å². The van der Waals surface area contributed by atoms with Gasteiger partial charge in [0.2, 0.25) is 11.8 Å². The molecule has 0 saturated heterocycles. The molecule has 2 atom stereocenters. The summed E-state index contributed by atoms with van der Waals surface area (Å²) in [7, 11) is 0. The zero-order chi connectivity index (χ0) is 27.6. The summed E-state index contributed by atoms with van der Waals surface area (Å²) < 4.78 is 5.95. The Hall–Kier alpha value is -4.42. The first-order valence-electron chi connectivity index (χ1n) is 13.2. The molecule has 2 amide bonds. The van der Waals surface area contributed by atoms with Crippen LogP contribution in [0, 0.1) is 0 Å². The molecule has 4 rings (SSSR count). The van der Waals surface area contributed by atoms with Gasteiger partial charge < -0.3 is 21.1 Å². The predicted octanol–water partition coefficient (Wildman–Crippen LogP) is 5.79. The average molecular weight is 522 g/mol. The Morgan fingerprint density at radius 1 is 0.718 bits per heavy atom. The minimum absolute atomic E-state index is 0.190. The van der Waals surface area contributed by atoms with E-state index in [1.165, 1.54) is 0 Å². The van der Waals surface area contributed by atoms with Crippen LogP contribution < -0.4 is 16.2 Å². The minimum atomic E-state index is -0.814. The molecule has 200 valence electrons. The van der Waals surface area contributed by atoms with Crippen molar-refractivity contribution in [1.82, 2.24) is 4.90 Å². The highest BCUT2D eigenvalue weighted by molar-refractivity contribution is 5.92. The highest BCUT2D eigenvalue weighted by atomic mass is 16.5. The Kier molecular flexibility index (Phi) is 9.48. The summed E-state index contributed by atoms with van der Waals surface area (Å²) in [5.74, 6) is 0.0726. The fourth-order valence-electron chi connectivity index (χ4n) is 4.86. The van der Waals surface area contributed by atoms with Crippen LogP contribution in [0.1, 0.15) is 48.4 Å². The number of ether oxygens (including phenoxy) is 1. The van der Waals surface area contributed by atoms with Gasteiger partial charge in [-0.2, -0.15) is 0 Å². The molecule has 0 aliphatic carbocycles.